The van der Waals surface area contributed by atoms with Gasteiger partial charge in [-0.3, -0.25) is 14.9 Å². The van der Waals surface area contributed by atoms with Crippen LogP contribution in [0.25, 0.3) is 11.4 Å². The highest BCUT2D eigenvalue weighted by atomic mass is 16.6. The summed E-state index contributed by atoms with van der Waals surface area (Å²) in [6.45, 7) is 0. The minimum atomic E-state index is -0.620. The number of nitro groups is 1. The van der Waals surface area contributed by atoms with Gasteiger partial charge in [-0.2, -0.15) is 4.98 Å². The average Bonchev–Trinajstić information content (AvgIpc) is 3.46. The molecule has 0 aliphatic heterocycles. The van der Waals surface area contributed by atoms with Gasteiger partial charge in [-0.05, 0) is 17.7 Å². The predicted octanol–water partition coefficient (Wildman–Crippen LogP) is 3.95. The number of nitrogens with zero attached hydrogens (tertiary/aromatic N) is 3. The quantitative estimate of drug-likeness (QED) is 0.365. The molecule has 4 rings (SSSR count). The maximum atomic E-state index is 12.5. The molecule has 0 aliphatic rings. The lowest BCUT2D eigenvalue weighted by Crippen LogP contribution is -2.30. The van der Waals surface area contributed by atoms with E-state index < -0.39 is 16.9 Å². The van der Waals surface area contributed by atoms with E-state index in [0.29, 0.717) is 12.0 Å². The van der Waals surface area contributed by atoms with Gasteiger partial charge in [0.1, 0.15) is 6.04 Å². The maximum absolute atomic E-state index is 12.5. The van der Waals surface area contributed by atoms with Gasteiger partial charge in [-0.1, -0.05) is 47.6 Å². The van der Waals surface area contributed by atoms with Crippen LogP contribution in [0.3, 0.4) is 0 Å². The standard InChI is InChI=1S/C21H16N4O5/c26-20(18-10-5-11-29-18)22-17(12-14-6-2-1-3-7-14)21-23-19(24-30-21)15-8-4-9-16(13-15)25(27)28/h1-11,13,17H,12H2,(H,22,26)/t17-/m1/s1. The summed E-state index contributed by atoms with van der Waals surface area (Å²) in [6.07, 6.45) is 1.82. The van der Waals surface area contributed by atoms with Crippen molar-refractivity contribution in [2.75, 3.05) is 0 Å². The van der Waals surface area contributed by atoms with E-state index >= 15 is 0 Å². The first-order chi connectivity index (χ1) is 14.6. The second kappa shape index (κ2) is 8.39. The van der Waals surface area contributed by atoms with Crippen LogP contribution >= 0.6 is 0 Å². The molecular weight excluding hydrogens is 388 g/mol. The number of furan rings is 1. The normalized spacial score (nSPS) is 11.7. The van der Waals surface area contributed by atoms with Gasteiger partial charge in [-0.25, -0.2) is 0 Å². The van der Waals surface area contributed by atoms with E-state index in [4.69, 9.17) is 8.94 Å². The molecule has 150 valence electrons. The highest BCUT2D eigenvalue weighted by molar-refractivity contribution is 5.91. The third-order valence-corrected chi connectivity index (χ3v) is 4.39. The summed E-state index contributed by atoms with van der Waals surface area (Å²) in [7, 11) is 0. The van der Waals surface area contributed by atoms with Gasteiger partial charge in [0.2, 0.25) is 11.7 Å². The Labute approximate surface area is 170 Å². The Hall–Kier alpha value is -4.27. The summed E-state index contributed by atoms with van der Waals surface area (Å²) < 4.78 is 10.5. The molecule has 0 unspecified atom stereocenters. The fourth-order valence-electron chi connectivity index (χ4n) is 2.94. The summed E-state index contributed by atoms with van der Waals surface area (Å²) in [5.41, 5.74) is 1.32. The number of hydrogen-bond acceptors (Lipinski definition) is 7. The van der Waals surface area contributed by atoms with E-state index in [-0.39, 0.29) is 23.2 Å². The number of nitrogens with one attached hydrogen (secondary N) is 1. The molecule has 2 heterocycles. The van der Waals surface area contributed by atoms with Crippen molar-refractivity contribution in [3.05, 3.63) is 100 Å². The van der Waals surface area contributed by atoms with E-state index in [1.54, 1.807) is 24.3 Å². The van der Waals surface area contributed by atoms with Crippen molar-refractivity contribution in [2.45, 2.75) is 12.5 Å². The van der Waals surface area contributed by atoms with Crippen molar-refractivity contribution in [3.63, 3.8) is 0 Å². The molecule has 2 aromatic heterocycles. The molecule has 9 heteroatoms. The van der Waals surface area contributed by atoms with Crippen molar-refractivity contribution >= 4 is 11.6 Å². The molecule has 0 fully saturated rings. The van der Waals surface area contributed by atoms with Crippen molar-refractivity contribution in [3.8, 4) is 11.4 Å². The van der Waals surface area contributed by atoms with E-state index in [1.807, 2.05) is 30.3 Å². The SMILES string of the molecule is O=C(N[C@H](Cc1ccccc1)c1nc(-c2cccc([N+](=O)[O-])c2)no1)c1ccco1. The van der Waals surface area contributed by atoms with E-state index in [1.165, 1.54) is 18.4 Å². The van der Waals surface area contributed by atoms with Crippen LogP contribution in [-0.4, -0.2) is 21.0 Å². The number of hydrogen-bond donors (Lipinski definition) is 1. The van der Waals surface area contributed by atoms with Gasteiger partial charge in [-0.15, -0.1) is 0 Å². The zero-order valence-electron chi connectivity index (χ0n) is 15.6. The van der Waals surface area contributed by atoms with Gasteiger partial charge in [0.25, 0.3) is 11.6 Å². The van der Waals surface area contributed by atoms with Crippen LogP contribution in [0.5, 0.6) is 0 Å². The maximum Gasteiger partial charge on any atom is 0.287 e. The first-order valence-corrected chi connectivity index (χ1v) is 9.07. The minimum Gasteiger partial charge on any atom is -0.459 e. The molecular formula is C21H16N4O5. The summed E-state index contributed by atoms with van der Waals surface area (Å²) in [4.78, 5) is 27.4. The Balaban J connectivity index is 1.62. The molecule has 2 aromatic carbocycles. The van der Waals surface area contributed by atoms with E-state index in [0.717, 1.165) is 5.56 Å². The second-order valence-electron chi connectivity index (χ2n) is 6.46. The molecule has 0 radical (unpaired) electrons. The lowest BCUT2D eigenvalue weighted by Gasteiger charge is -2.14. The lowest BCUT2D eigenvalue weighted by atomic mass is 10.1. The summed E-state index contributed by atoms with van der Waals surface area (Å²) in [6, 6.07) is 18.0. The van der Waals surface area contributed by atoms with Crippen molar-refractivity contribution in [2.24, 2.45) is 0 Å². The number of non-ortho nitro benzene ring substituents is 1. The molecule has 9 nitrogen and oxygen atoms in total. The van der Waals surface area contributed by atoms with E-state index in [2.05, 4.69) is 15.5 Å². The molecule has 0 aliphatic carbocycles. The van der Waals surface area contributed by atoms with Crippen LogP contribution in [0.4, 0.5) is 5.69 Å². The van der Waals surface area contributed by atoms with Crippen LogP contribution in [-0.2, 0) is 6.42 Å². The number of benzene rings is 2. The van der Waals surface area contributed by atoms with E-state index in [9.17, 15) is 14.9 Å². The highest BCUT2D eigenvalue weighted by Crippen LogP contribution is 2.24. The van der Waals surface area contributed by atoms with Crippen molar-refractivity contribution in [1.29, 1.82) is 0 Å². The number of carbonyl (C=O) groups is 1. The molecule has 4 aromatic rings. The summed E-state index contributed by atoms with van der Waals surface area (Å²) >= 11 is 0. The van der Waals surface area contributed by atoms with Crippen molar-refractivity contribution in [1.82, 2.24) is 15.5 Å². The van der Waals surface area contributed by atoms with Crippen LogP contribution < -0.4 is 5.32 Å². The number of carbonyl (C=O) groups excluding carboxylic acids is 1. The third-order valence-electron chi connectivity index (χ3n) is 4.39. The zero-order chi connectivity index (χ0) is 20.9. The van der Waals surface area contributed by atoms with Gasteiger partial charge in [0.05, 0.1) is 11.2 Å². The van der Waals surface area contributed by atoms with Crippen LogP contribution in [0, 0.1) is 10.1 Å². The number of aromatic nitrogens is 2. The van der Waals surface area contributed by atoms with Crippen LogP contribution in [0.15, 0.2) is 81.9 Å². The van der Waals surface area contributed by atoms with Gasteiger partial charge in [0, 0.05) is 24.1 Å². The Bertz CT molecular complexity index is 1160. The lowest BCUT2D eigenvalue weighted by molar-refractivity contribution is -0.384. The summed E-state index contributed by atoms with van der Waals surface area (Å²) in [5, 5.41) is 17.8. The molecule has 0 saturated carbocycles. The number of rotatable bonds is 7. The first kappa shape index (κ1) is 19.1. The zero-order valence-corrected chi connectivity index (χ0v) is 15.6. The average molecular weight is 404 g/mol. The van der Waals surface area contributed by atoms with Gasteiger partial charge >= 0.3 is 0 Å². The molecule has 1 N–H and O–H groups in total. The molecule has 0 saturated heterocycles. The van der Waals surface area contributed by atoms with Crippen LogP contribution in [0.1, 0.15) is 28.1 Å². The summed E-state index contributed by atoms with van der Waals surface area (Å²) in [5.74, 6) is 0.113. The molecule has 0 bridgehead atoms. The van der Waals surface area contributed by atoms with Gasteiger partial charge in [0.15, 0.2) is 5.76 Å². The second-order valence-corrected chi connectivity index (χ2v) is 6.46. The van der Waals surface area contributed by atoms with Gasteiger partial charge < -0.3 is 14.3 Å². The minimum absolute atomic E-state index is 0.0780. The Morgan fingerprint density at radius 2 is 1.93 bits per heavy atom. The Morgan fingerprint density at radius 1 is 1.10 bits per heavy atom. The Kier molecular flexibility index (Phi) is 5.33. The molecule has 1 atom stereocenters. The first-order valence-electron chi connectivity index (χ1n) is 9.07. The predicted molar refractivity (Wildman–Crippen MR) is 105 cm³/mol. The monoisotopic (exact) mass is 404 g/mol. The largest absolute Gasteiger partial charge is 0.459 e. The highest BCUT2D eigenvalue weighted by Gasteiger charge is 2.24. The Morgan fingerprint density at radius 3 is 2.67 bits per heavy atom. The fraction of sp³-hybridized carbons (Fsp3) is 0.0952. The fourth-order valence-corrected chi connectivity index (χ4v) is 2.94. The number of nitro benzene ring substituents is 1. The smallest absolute Gasteiger partial charge is 0.287 e. The van der Waals surface area contributed by atoms with Crippen molar-refractivity contribution < 1.29 is 18.7 Å². The molecule has 0 spiro atoms. The molecule has 1 amide bonds. The third kappa shape index (κ3) is 4.25. The topological polar surface area (TPSA) is 124 Å². The molecule has 30 heavy (non-hydrogen) atoms. The van der Waals surface area contributed by atoms with Crippen LogP contribution in [0.2, 0.25) is 0 Å². The number of amides is 1.